The van der Waals surface area contributed by atoms with Gasteiger partial charge in [-0.1, -0.05) is 41.9 Å². The van der Waals surface area contributed by atoms with Crippen molar-refractivity contribution in [1.82, 2.24) is 9.38 Å². The Hall–Kier alpha value is -2.33. The maximum absolute atomic E-state index is 12.0. The molecule has 0 fully saturated rings. The Morgan fingerprint density at radius 1 is 1.30 bits per heavy atom. The molecule has 2 heterocycles. The van der Waals surface area contributed by atoms with E-state index >= 15 is 0 Å². The molecule has 0 aliphatic heterocycles. The van der Waals surface area contributed by atoms with Crippen molar-refractivity contribution in [3.63, 3.8) is 0 Å². The van der Waals surface area contributed by atoms with Crippen molar-refractivity contribution in [1.29, 1.82) is 0 Å². The van der Waals surface area contributed by atoms with Gasteiger partial charge in [0.1, 0.15) is 5.65 Å². The number of ether oxygens (including phenoxy) is 1. The highest BCUT2D eigenvalue weighted by Crippen LogP contribution is 2.28. The minimum atomic E-state index is -0.274. The average Bonchev–Trinajstić information content (AvgIpc) is 2.87. The summed E-state index contributed by atoms with van der Waals surface area (Å²) in [5, 5.41) is 0.608. The number of pyridine rings is 1. The summed E-state index contributed by atoms with van der Waals surface area (Å²) in [7, 11) is 0. The predicted molar refractivity (Wildman–Crippen MR) is 90.7 cm³/mol. The summed E-state index contributed by atoms with van der Waals surface area (Å²) in [5.41, 5.74) is 4.29. The maximum Gasteiger partial charge on any atom is 0.311 e. The second-order valence-electron chi connectivity index (χ2n) is 5.29. The molecule has 118 valence electrons. The summed E-state index contributed by atoms with van der Waals surface area (Å²) in [6.07, 6.45) is 1.94. The van der Waals surface area contributed by atoms with Gasteiger partial charge in [-0.2, -0.15) is 0 Å². The van der Waals surface area contributed by atoms with Crippen molar-refractivity contribution in [3.05, 3.63) is 58.9 Å². The lowest BCUT2D eigenvalue weighted by Gasteiger charge is -2.06. The Labute approximate surface area is 139 Å². The van der Waals surface area contributed by atoms with E-state index in [1.807, 2.05) is 47.7 Å². The molecule has 0 spiro atoms. The minimum absolute atomic E-state index is 0.152. The second-order valence-corrected chi connectivity index (χ2v) is 5.73. The van der Waals surface area contributed by atoms with Crippen LogP contribution in [0.25, 0.3) is 16.9 Å². The van der Waals surface area contributed by atoms with Crippen LogP contribution in [0.15, 0.2) is 42.6 Å². The smallest absolute Gasteiger partial charge is 0.311 e. The molecule has 0 unspecified atom stereocenters. The van der Waals surface area contributed by atoms with Crippen LogP contribution in [-0.4, -0.2) is 22.0 Å². The van der Waals surface area contributed by atoms with Crippen LogP contribution in [0.3, 0.4) is 0 Å². The van der Waals surface area contributed by atoms with Crippen LogP contribution in [0.5, 0.6) is 0 Å². The number of carbonyl (C=O) groups is 1. The maximum atomic E-state index is 12.0. The molecule has 1 aromatic carbocycles. The molecule has 3 aromatic rings. The van der Waals surface area contributed by atoms with E-state index in [0.717, 1.165) is 28.2 Å². The number of benzene rings is 1. The van der Waals surface area contributed by atoms with Gasteiger partial charge in [0, 0.05) is 11.8 Å². The molecule has 0 saturated carbocycles. The summed E-state index contributed by atoms with van der Waals surface area (Å²) in [6, 6.07) is 11.7. The van der Waals surface area contributed by atoms with Gasteiger partial charge in [0.15, 0.2) is 0 Å². The lowest BCUT2D eigenvalue weighted by atomic mass is 10.1. The fourth-order valence-corrected chi connectivity index (χ4v) is 2.92. The van der Waals surface area contributed by atoms with E-state index in [-0.39, 0.29) is 12.4 Å². The minimum Gasteiger partial charge on any atom is -0.466 e. The van der Waals surface area contributed by atoms with Gasteiger partial charge in [0.2, 0.25) is 0 Å². The van der Waals surface area contributed by atoms with Crippen LogP contribution in [0.2, 0.25) is 5.02 Å². The third-order valence-corrected chi connectivity index (χ3v) is 3.84. The number of nitrogens with zero attached hydrogens (tertiary/aromatic N) is 2. The number of hydrogen-bond donors (Lipinski definition) is 0. The first-order chi connectivity index (χ1) is 11.1. The number of hydrogen-bond acceptors (Lipinski definition) is 3. The van der Waals surface area contributed by atoms with Gasteiger partial charge in [0.05, 0.1) is 29.4 Å². The molecule has 4 nitrogen and oxygen atoms in total. The van der Waals surface area contributed by atoms with Crippen LogP contribution in [-0.2, 0) is 16.0 Å². The molecule has 5 heteroatoms. The van der Waals surface area contributed by atoms with E-state index in [1.165, 1.54) is 0 Å². The predicted octanol–water partition coefficient (Wildman–Crippen LogP) is 4.07. The molecule has 0 bridgehead atoms. The van der Waals surface area contributed by atoms with Crippen LogP contribution in [0, 0.1) is 6.92 Å². The number of halogens is 1. The molecule has 0 atom stereocenters. The Kier molecular flexibility index (Phi) is 4.35. The number of esters is 1. The van der Waals surface area contributed by atoms with Gasteiger partial charge in [0.25, 0.3) is 0 Å². The van der Waals surface area contributed by atoms with Gasteiger partial charge in [-0.3, -0.25) is 4.79 Å². The number of rotatable bonds is 4. The largest absolute Gasteiger partial charge is 0.466 e. The van der Waals surface area contributed by atoms with Crippen molar-refractivity contribution >= 4 is 23.2 Å². The van der Waals surface area contributed by atoms with Gasteiger partial charge in [-0.15, -0.1) is 0 Å². The van der Waals surface area contributed by atoms with Crippen molar-refractivity contribution in [2.24, 2.45) is 0 Å². The van der Waals surface area contributed by atoms with Gasteiger partial charge in [-0.25, -0.2) is 4.98 Å². The van der Waals surface area contributed by atoms with Gasteiger partial charge in [-0.05, 0) is 25.5 Å². The molecule has 3 rings (SSSR count). The molecular formula is C18H17ClN2O2. The molecule has 0 saturated heterocycles. The Balaban J connectivity index is 2.21. The SMILES string of the molecule is CCOC(=O)Cc1c(-c2ccccc2)nc2c(C)cc(Cl)cn12. The van der Waals surface area contributed by atoms with E-state index in [9.17, 15) is 4.79 Å². The first-order valence-electron chi connectivity index (χ1n) is 7.48. The highest BCUT2D eigenvalue weighted by Gasteiger charge is 2.19. The second kappa shape index (κ2) is 6.42. The topological polar surface area (TPSA) is 43.6 Å². The molecule has 0 N–H and O–H groups in total. The number of imidazole rings is 1. The normalized spacial score (nSPS) is 10.9. The summed E-state index contributed by atoms with van der Waals surface area (Å²) in [4.78, 5) is 16.7. The number of aryl methyl sites for hydroxylation is 1. The van der Waals surface area contributed by atoms with Crippen LogP contribution >= 0.6 is 11.6 Å². The average molecular weight is 329 g/mol. The Bertz CT molecular complexity index is 856. The van der Waals surface area contributed by atoms with E-state index in [0.29, 0.717) is 11.6 Å². The number of aromatic nitrogens is 2. The zero-order valence-corrected chi connectivity index (χ0v) is 13.8. The zero-order chi connectivity index (χ0) is 16.4. The summed E-state index contributed by atoms with van der Waals surface area (Å²) in [5.74, 6) is -0.274. The van der Waals surface area contributed by atoms with Crippen molar-refractivity contribution in [2.45, 2.75) is 20.3 Å². The third kappa shape index (κ3) is 3.08. The molecule has 23 heavy (non-hydrogen) atoms. The summed E-state index contributed by atoms with van der Waals surface area (Å²) in [6.45, 7) is 4.11. The van der Waals surface area contributed by atoms with Crippen molar-refractivity contribution in [3.8, 4) is 11.3 Å². The lowest BCUT2D eigenvalue weighted by Crippen LogP contribution is -2.10. The fraction of sp³-hybridized carbons (Fsp3) is 0.222. The molecule has 0 radical (unpaired) electrons. The summed E-state index contributed by atoms with van der Waals surface area (Å²) >= 11 is 6.18. The molecule has 0 aliphatic carbocycles. The quantitative estimate of drug-likeness (QED) is 0.678. The summed E-state index contributed by atoms with van der Waals surface area (Å²) < 4.78 is 6.99. The number of fused-ring (bicyclic) bond motifs is 1. The van der Waals surface area contributed by atoms with Crippen molar-refractivity contribution in [2.75, 3.05) is 6.61 Å². The van der Waals surface area contributed by atoms with E-state index in [4.69, 9.17) is 21.3 Å². The van der Waals surface area contributed by atoms with Crippen LogP contribution in [0.4, 0.5) is 0 Å². The highest BCUT2D eigenvalue weighted by molar-refractivity contribution is 6.30. The molecule has 0 aliphatic rings. The van der Waals surface area contributed by atoms with E-state index in [2.05, 4.69) is 0 Å². The first-order valence-corrected chi connectivity index (χ1v) is 7.86. The fourth-order valence-electron chi connectivity index (χ4n) is 2.66. The standard InChI is InChI=1S/C18H17ClN2O2/c1-3-23-16(22)10-15-17(13-7-5-4-6-8-13)20-18-12(2)9-14(19)11-21(15)18/h4-9,11H,3,10H2,1-2H3. The Morgan fingerprint density at radius 2 is 2.04 bits per heavy atom. The van der Waals surface area contributed by atoms with E-state index in [1.54, 1.807) is 13.1 Å². The van der Waals surface area contributed by atoms with Gasteiger partial charge < -0.3 is 9.14 Å². The molecular weight excluding hydrogens is 312 g/mol. The Morgan fingerprint density at radius 3 is 2.74 bits per heavy atom. The highest BCUT2D eigenvalue weighted by atomic mass is 35.5. The molecule has 2 aromatic heterocycles. The molecule has 0 amide bonds. The van der Waals surface area contributed by atoms with Crippen LogP contribution in [0.1, 0.15) is 18.2 Å². The number of carbonyl (C=O) groups excluding carboxylic acids is 1. The third-order valence-electron chi connectivity index (χ3n) is 3.63. The monoisotopic (exact) mass is 328 g/mol. The lowest BCUT2D eigenvalue weighted by molar-refractivity contribution is -0.142. The van der Waals surface area contributed by atoms with Crippen molar-refractivity contribution < 1.29 is 9.53 Å². The van der Waals surface area contributed by atoms with Gasteiger partial charge >= 0.3 is 5.97 Å². The first kappa shape index (κ1) is 15.6. The zero-order valence-electron chi connectivity index (χ0n) is 13.0. The van der Waals surface area contributed by atoms with E-state index < -0.39 is 0 Å². The van der Waals surface area contributed by atoms with Crippen LogP contribution < -0.4 is 0 Å².